The first kappa shape index (κ1) is 14.2. The maximum absolute atomic E-state index is 3.77. The molecule has 0 saturated heterocycles. The second-order valence-corrected chi connectivity index (χ2v) is 4.11. The Morgan fingerprint density at radius 3 is 2.13 bits per heavy atom. The van der Waals surface area contributed by atoms with Crippen molar-refractivity contribution in [2.24, 2.45) is 5.92 Å². The van der Waals surface area contributed by atoms with Gasteiger partial charge in [0.05, 0.1) is 0 Å². The van der Waals surface area contributed by atoms with E-state index >= 15 is 0 Å². The Morgan fingerprint density at radius 2 is 1.67 bits per heavy atom. The van der Waals surface area contributed by atoms with Crippen LogP contribution in [0, 0.1) is 5.92 Å². The average Bonchev–Trinajstić information content (AvgIpc) is 2.19. The van der Waals surface area contributed by atoms with Gasteiger partial charge in [0.2, 0.25) is 0 Å². The first-order chi connectivity index (χ1) is 7.24. The molecule has 0 aliphatic heterocycles. The predicted molar refractivity (Wildman–Crippen MR) is 70.0 cm³/mol. The normalized spacial score (nSPS) is 12.4. The molecule has 0 heterocycles. The van der Waals surface area contributed by atoms with Gasteiger partial charge in [-0.2, -0.15) is 0 Å². The van der Waals surface area contributed by atoms with Crippen molar-refractivity contribution in [1.29, 1.82) is 0 Å². The van der Waals surface area contributed by atoms with Crippen molar-refractivity contribution in [3.05, 3.63) is 38.0 Å². The lowest BCUT2D eigenvalue weighted by atomic mass is 10.0. The van der Waals surface area contributed by atoms with Crippen molar-refractivity contribution in [3.63, 3.8) is 0 Å². The van der Waals surface area contributed by atoms with Gasteiger partial charge in [0.15, 0.2) is 0 Å². The summed E-state index contributed by atoms with van der Waals surface area (Å²) in [4.78, 5) is 2.36. The molecule has 0 fully saturated rings. The van der Waals surface area contributed by atoms with Crippen molar-refractivity contribution in [2.75, 3.05) is 19.6 Å². The summed E-state index contributed by atoms with van der Waals surface area (Å²) in [6, 6.07) is 0. The Bertz CT molecular complexity index is 174. The second kappa shape index (κ2) is 9.72. The Labute approximate surface area is 95.2 Å². The lowest BCUT2D eigenvalue weighted by Gasteiger charge is -2.19. The van der Waals surface area contributed by atoms with E-state index in [-0.39, 0.29) is 0 Å². The highest BCUT2D eigenvalue weighted by atomic mass is 15.1. The van der Waals surface area contributed by atoms with Crippen LogP contribution in [0.15, 0.2) is 38.0 Å². The minimum absolute atomic E-state index is 0.761. The summed E-state index contributed by atoms with van der Waals surface area (Å²) in [5, 5.41) is 0. The first-order valence-corrected chi connectivity index (χ1v) is 5.79. The van der Waals surface area contributed by atoms with Crippen LogP contribution in [-0.4, -0.2) is 24.5 Å². The Kier molecular flexibility index (Phi) is 9.19. The predicted octanol–water partition coefficient (Wildman–Crippen LogP) is 3.65. The summed E-state index contributed by atoms with van der Waals surface area (Å²) in [5.74, 6) is 0.761. The highest BCUT2D eigenvalue weighted by Gasteiger charge is 2.03. The van der Waals surface area contributed by atoms with Gasteiger partial charge in [0, 0.05) is 13.1 Å². The third kappa shape index (κ3) is 8.19. The molecule has 15 heavy (non-hydrogen) atoms. The van der Waals surface area contributed by atoms with E-state index in [2.05, 4.69) is 31.6 Å². The molecule has 0 saturated carbocycles. The molecule has 0 aliphatic carbocycles. The van der Waals surface area contributed by atoms with E-state index in [1.54, 1.807) is 0 Å². The van der Waals surface area contributed by atoms with Crippen LogP contribution in [0.2, 0.25) is 0 Å². The highest BCUT2D eigenvalue weighted by Crippen LogP contribution is 2.10. The quantitative estimate of drug-likeness (QED) is 0.494. The van der Waals surface area contributed by atoms with Crippen LogP contribution in [0.5, 0.6) is 0 Å². The molecule has 0 bridgehead atoms. The molecule has 0 aromatic carbocycles. The minimum Gasteiger partial charge on any atom is -0.296 e. The summed E-state index contributed by atoms with van der Waals surface area (Å²) in [5.41, 5.74) is 0. The fraction of sp³-hybridized carbons (Fsp3) is 0.571. The number of allylic oxidation sites excluding steroid dienone is 1. The van der Waals surface area contributed by atoms with Gasteiger partial charge in [-0.3, -0.25) is 4.90 Å². The lowest BCUT2D eigenvalue weighted by Crippen LogP contribution is -2.25. The van der Waals surface area contributed by atoms with E-state index < -0.39 is 0 Å². The molecular formula is C14H25N. The maximum atomic E-state index is 3.77. The van der Waals surface area contributed by atoms with Crippen molar-refractivity contribution in [3.8, 4) is 0 Å². The van der Waals surface area contributed by atoms with Crippen LogP contribution in [0.4, 0.5) is 0 Å². The zero-order chi connectivity index (χ0) is 11.5. The highest BCUT2D eigenvalue weighted by molar-refractivity contribution is 4.80. The SMILES string of the molecule is C=CCC(C)CCCN(CC=C)CC=C. The van der Waals surface area contributed by atoms with Crippen LogP contribution in [0.25, 0.3) is 0 Å². The van der Waals surface area contributed by atoms with Crippen LogP contribution in [-0.2, 0) is 0 Å². The van der Waals surface area contributed by atoms with Crippen LogP contribution >= 0.6 is 0 Å². The smallest absolute Gasteiger partial charge is 0.0163 e. The van der Waals surface area contributed by atoms with Gasteiger partial charge in [0.25, 0.3) is 0 Å². The average molecular weight is 207 g/mol. The zero-order valence-electron chi connectivity index (χ0n) is 10.1. The van der Waals surface area contributed by atoms with Gasteiger partial charge in [-0.1, -0.05) is 25.2 Å². The largest absolute Gasteiger partial charge is 0.296 e. The Hall–Kier alpha value is -0.820. The van der Waals surface area contributed by atoms with Gasteiger partial charge < -0.3 is 0 Å². The lowest BCUT2D eigenvalue weighted by molar-refractivity contribution is 0.315. The number of rotatable bonds is 10. The van der Waals surface area contributed by atoms with Gasteiger partial charge in [0.1, 0.15) is 0 Å². The van der Waals surface area contributed by atoms with Gasteiger partial charge in [-0.25, -0.2) is 0 Å². The molecule has 1 atom stereocenters. The molecule has 86 valence electrons. The molecule has 0 N–H and O–H groups in total. The molecule has 0 spiro atoms. The van der Waals surface area contributed by atoms with Crippen molar-refractivity contribution < 1.29 is 0 Å². The fourth-order valence-corrected chi connectivity index (χ4v) is 1.69. The standard InChI is InChI=1S/C14H25N/c1-5-9-14(4)10-8-13-15(11-6-2)12-7-3/h5-7,14H,1-3,8-13H2,4H3. The van der Waals surface area contributed by atoms with Gasteiger partial charge in [-0.05, 0) is 31.7 Å². The fourth-order valence-electron chi connectivity index (χ4n) is 1.69. The van der Waals surface area contributed by atoms with Crippen molar-refractivity contribution >= 4 is 0 Å². The van der Waals surface area contributed by atoms with E-state index in [4.69, 9.17) is 0 Å². The van der Waals surface area contributed by atoms with E-state index in [1.807, 2.05) is 18.2 Å². The Balaban J connectivity index is 3.63. The zero-order valence-corrected chi connectivity index (χ0v) is 10.1. The summed E-state index contributed by atoms with van der Waals surface area (Å²) in [6.45, 7) is 16.6. The summed E-state index contributed by atoms with van der Waals surface area (Å²) in [7, 11) is 0. The molecular weight excluding hydrogens is 182 g/mol. The summed E-state index contributed by atoms with van der Waals surface area (Å²) >= 11 is 0. The van der Waals surface area contributed by atoms with Crippen molar-refractivity contribution in [2.45, 2.75) is 26.2 Å². The molecule has 0 aliphatic rings. The molecule has 0 radical (unpaired) electrons. The van der Waals surface area contributed by atoms with Crippen LogP contribution < -0.4 is 0 Å². The maximum Gasteiger partial charge on any atom is 0.0163 e. The number of nitrogens with zero attached hydrogens (tertiary/aromatic N) is 1. The van der Waals surface area contributed by atoms with E-state index in [0.29, 0.717) is 0 Å². The van der Waals surface area contributed by atoms with Crippen LogP contribution in [0.3, 0.4) is 0 Å². The first-order valence-electron chi connectivity index (χ1n) is 5.79. The molecule has 1 heteroatoms. The van der Waals surface area contributed by atoms with Crippen LogP contribution in [0.1, 0.15) is 26.2 Å². The van der Waals surface area contributed by atoms with E-state index in [0.717, 1.165) is 32.0 Å². The Morgan fingerprint density at radius 1 is 1.07 bits per heavy atom. The topological polar surface area (TPSA) is 3.24 Å². The number of hydrogen-bond acceptors (Lipinski definition) is 1. The number of hydrogen-bond donors (Lipinski definition) is 0. The molecule has 0 aromatic rings. The van der Waals surface area contributed by atoms with Gasteiger partial charge in [-0.15, -0.1) is 19.7 Å². The molecule has 1 nitrogen and oxygen atoms in total. The van der Waals surface area contributed by atoms with E-state index in [9.17, 15) is 0 Å². The summed E-state index contributed by atoms with van der Waals surface area (Å²) < 4.78 is 0. The minimum atomic E-state index is 0.761. The van der Waals surface area contributed by atoms with Gasteiger partial charge >= 0.3 is 0 Å². The molecule has 0 rings (SSSR count). The molecule has 0 amide bonds. The van der Waals surface area contributed by atoms with Crippen molar-refractivity contribution in [1.82, 2.24) is 4.90 Å². The molecule has 1 unspecified atom stereocenters. The van der Waals surface area contributed by atoms with E-state index in [1.165, 1.54) is 12.8 Å². The second-order valence-electron chi connectivity index (χ2n) is 4.11. The summed E-state index contributed by atoms with van der Waals surface area (Å²) in [6.07, 6.45) is 9.57. The molecule has 0 aromatic heterocycles. The third-order valence-electron chi connectivity index (χ3n) is 2.51. The third-order valence-corrected chi connectivity index (χ3v) is 2.51. The monoisotopic (exact) mass is 207 g/mol.